The third-order valence-electron chi connectivity index (χ3n) is 4.69. The molecule has 0 saturated heterocycles. The lowest BCUT2D eigenvalue weighted by Gasteiger charge is -2.29. The van der Waals surface area contributed by atoms with Crippen molar-refractivity contribution in [1.29, 1.82) is 0 Å². The van der Waals surface area contributed by atoms with E-state index >= 15 is 0 Å². The van der Waals surface area contributed by atoms with Crippen molar-refractivity contribution in [3.05, 3.63) is 68.7 Å². The van der Waals surface area contributed by atoms with Crippen molar-refractivity contribution in [2.75, 3.05) is 6.54 Å². The van der Waals surface area contributed by atoms with Gasteiger partial charge in [-0.1, -0.05) is 72.4 Å². The largest absolute Gasteiger partial charge is 0.354 e. The van der Waals surface area contributed by atoms with Gasteiger partial charge >= 0.3 is 0 Å². The fourth-order valence-electron chi connectivity index (χ4n) is 2.88. The van der Waals surface area contributed by atoms with Crippen molar-refractivity contribution >= 4 is 46.6 Å². The van der Waals surface area contributed by atoms with Gasteiger partial charge in [-0.25, -0.2) is 0 Å². The Kier molecular flexibility index (Phi) is 9.28. The van der Waals surface area contributed by atoms with Crippen molar-refractivity contribution in [3.63, 3.8) is 0 Å². The summed E-state index contributed by atoms with van der Waals surface area (Å²) in [6, 6.07) is 11.6. The quantitative estimate of drug-likeness (QED) is 0.506. The average molecular weight is 456 g/mol. The normalized spacial score (nSPS) is 11.8. The van der Waals surface area contributed by atoms with Crippen LogP contribution < -0.4 is 5.32 Å². The first-order valence-electron chi connectivity index (χ1n) is 9.58. The second kappa shape index (κ2) is 11.4. The summed E-state index contributed by atoms with van der Waals surface area (Å²) in [6.45, 7) is 4.45. The predicted molar refractivity (Wildman–Crippen MR) is 120 cm³/mol. The molecule has 2 aromatic rings. The molecule has 0 aliphatic carbocycles. The van der Waals surface area contributed by atoms with Gasteiger partial charge in [0.05, 0.1) is 6.42 Å². The van der Waals surface area contributed by atoms with Crippen LogP contribution in [0.2, 0.25) is 15.1 Å². The number of nitrogens with zero attached hydrogens (tertiary/aromatic N) is 1. The topological polar surface area (TPSA) is 49.4 Å². The van der Waals surface area contributed by atoms with E-state index in [0.29, 0.717) is 32.7 Å². The highest BCUT2D eigenvalue weighted by Gasteiger charge is 2.27. The Morgan fingerprint density at radius 3 is 2.24 bits per heavy atom. The molecule has 2 amide bonds. The number of hydrogen-bond acceptors (Lipinski definition) is 2. The summed E-state index contributed by atoms with van der Waals surface area (Å²) in [5, 5.41) is 4.30. The van der Waals surface area contributed by atoms with E-state index < -0.39 is 6.04 Å². The number of unbranched alkanes of at least 4 members (excludes halogenated alkanes) is 1. The first kappa shape index (κ1) is 23.5. The van der Waals surface area contributed by atoms with Gasteiger partial charge in [-0.15, -0.1) is 0 Å². The number of nitrogens with one attached hydrogen (secondary N) is 1. The summed E-state index contributed by atoms with van der Waals surface area (Å²) in [5.74, 6) is -0.443. The molecule has 2 aromatic carbocycles. The van der Waals surface area contributed by atoms with Crippen molar-refractivity contribution in [2.45, 2.75) is 45.7 Å². The van der Waals surface area contributed by atoms with E-state index in [-0.39, 0.29) is 24.8 Å². The van der Waals surface area contributed by atoms with Crippen LogP contribution in [0.5, 0.6) is 0 Å². The minimum Gasteiger partial charge on any atom is -0.354 e. The maximum Gasteiger partial charge on any atom is 0.242 e. The zero-order valence-electron chi connectivity index (χ0n) is 16.6. The standard InChI is InChI=1S/C22H25Cl3N2O2/c1-3-4-12-26-22(29)15(2)27(14-17-19(24)10-7-11-20(17)25)21(28)13-16-8-5-6-9-18(16)23/h5-11,15H,3-4,12-14H2,1-2H3,(H,26,29)/t15-/m1/s1. The van der Waals surface area contributed by atoms with Crippen molar-refractivity contribution in [3.8, 4) is 0 Å². The van der Waals surface area contributed by atoms with Gasteiger partial charge < -0.3 is 10.2 Å². The Balaban J connectivity index is 2.27. The summed E-state index contributed by atoms with van der Waals surface area (Å²) >= 11 is 18.8. The summed E-state index contributed by atoms with van der Waals surface area (Å²) < 4.78 is 0. The first-order valence-corrected chi connectivity index (χ1v) is 10.7. The number of carbonyl (C=O) groups excluding carboxylic acids is 2. The van der Waals surface area contributed by atoms with Gasteiger partial charge in [0.15, 0.2) is 0 Å². The second-order valence-corrected chi connectivity index (χ2v) is 8.03. The molecular formula is C22H25Cl3N2O2. The van der Waals surface area contributed by atoms with Crippen LogP contribution in [0.15, 0.2) is 42.5 Å². The molecule has 0 aliphatic rings. The first-order chi connectivity index (χ1) is 13.8. The molecule has 7 heteroatoms. The van der Waals surface area contributed by atoms with Gasteiger partial charge in [0.2, 0.25) is 11.8 Å². The maximum absolute atomic E-state index is 13.2. The molecule has 0 spiro atoms. The SMILES string of the molecule is CCCCNC(=O)[C@@H](C)N(Cc1c(Cl)cccc1Cl)C(=O)Cc1ccccc1Cl. The number of hydrogen-bond donors (Lipinski definition) is 1. The van der Waals surface area contributed by atoms with Crippen LogP contribution in [-0.2, 0) is 22.6 Å². The highest BCUT2D eigenvalue weighted by Crippen LogP contribution is 2.27. The molecule has 0 aliphatic heterocycles. The van der Waals surface area contributed by atoms with Crippen molar-refractivity contribution in [2.24, 2.45) is 0 Å². The molecule has 0 heterocycles. The summed E-state index contributed by atoms with van der Waals surface area (Å²) in [7, 11) is 0. The molecule has 0 bridgehead atoms. The molecule has 1 atom stereocenters. The molecule has 156 valence electrons. The molecule has 0 aromatic heterocycles. The molecule has 0 unspecified atom stereocenters. The second-order valence-electron chi connectivity index (χ2n) is 6.81. The van der Waals surface area contributed by atoms with E-state index in [1.807, 2.05) is 6.07 Å². The van der Waals surface area contributed by atoms with Crippen LogP contribution in [0, 0.1) is 0 Å². The van der Waals surface area contributed by atoms with E-state index in [9.17, 15) is 9.59 Å². The van der Waals surface area contributed by atoms with Gasteiger partial charge in [0, 0.05) is 33.7 Å². The summed E-state index contributed by atoms with van der Waals surface area (Å²) in [6.07, 6.45) is 1.93. The predicted octanol–water partition coefficient (Wildman–Crippen LogP) is 5.52. The zero-order valence-corrected chi connectivity index (χ0v) is 18.8. The van der Waals surface area contributed by atoms with Gasteiger partial charge in [-0.2, -0.15) is 0 Å². The number of rotatable bonds is 9. The molecule has 0 radical (unpaired) electrons. The number of amides is 2. The third kappa shape index (κ3) is 6.63. The van der Waals surface area contributed by atoms with E-state index in [1.54, 1.807) is 43.3 Å². The van der Waals surface area contributed by atoms with Gasteiger partial charge in [0.25, 0.3) is 0 Å². The fourth-order valence-corrected chi connectivity index (χ4v) is 3.60. The third-order valence-corrected chi connectivity index (χ3v) is 5.76. The Labute approximate surface area is 187 Å². The average Bonchev–Trinajstić information content (AvgIpc) is 2.69. The molecule has 4 nitrogen and oxygen atoms in total. The van der Waals surface area contributed by atoms with Crippen LogP contribution in [0.4, 0.5) is 0 Å². The van der Waals surface area contributed by atoms with Crippen molar-refractivity contribution in [1.82, 2.24) is 10.2 Å². The molecule has 0 saturated carbocycles. The van der Waals surface area contributed by atoms with Gasteiger partial charge in [0.1, 0.15) is 6.04 Å². The number of carbonyl (C=O) groups is 2. The summed E-state index contributed by atoms with van der Waals surface area (Å²) in [5.41, 5.74) is 1.31. The van der Waals surface area contributed by atoms with Crippen LogP contribution in [0.3, 0.4) is 0 Å². The van der Waals surface area contributed by atoms with Crippen LogP contribution in [-0.4, -0.2) is 29.3 Å². The monoisotopic (exact) mass is 454 g/mol. The Hall–Kier alpha value is -1.75. The Morgan fingerprint density at radius 2 is 1.62 bits per heavy atom. The Bertz CT molecular complexity index is 837. The van der Waals surface area contributed by atoms with E-state index in [2.05, 4.69) is 12.2 Å². The molecular weight excluding hydrogens is 431 g/mol. The molecule has 2 rings (SSSR count). The minimum absolute atomic E-state index is 0.0777. The maximum atomic E-state index is 13.2. The lowest BCUT2D eigenvalue weighted by atomic mass is 10.1. The number of halogens is 3. The van der Waals surface area contributed by atoms with Gasteiger partial charge in [-0.05, 0) is 37.1 Å². The highest BCUT2D eigenvalue weighted by molar-refractivity contribution is 6.36. The van der Waals surface area contributed by atoms with E-state index in [4.69, 9.17) is 34.8 Å². The van der Waals surface area contributed by atoms with Crippen LogP contribution >= 0.6 is 34.8 Å². The highest BCUT2D eigenvalue weighted by atomic mass is 35.5. The minimum atomic E-state index is -0.686. The van der Waals surface area contributed by atoms with Crippen molar-refractivity contribution < 1.29 is 9.59 Å². The van der Waals surface area contributed by atoms with Crippen LogP contribution in [0.25, 0.3) is 0 Å². The smallest absolute Gasteiger partial charge is 0.242 e. The summed E-state index contributed by atoms with van der Waals surface area (Å²) in [4.78, 5) is 27.3. The Morgan fingerprint density at radius 1 is 1.00 bits per heavy atom. The van der Waals surface area contributed by atoms with Gasteiger partial charge in [-0.3, -0.25) is 9.59 Å². The van der Waals surface area contributed by atoms with Crippen LogP contribution in [0.1, 0.15) is 37.8 Å². The molecule has 1 N–H and O–H groups in total. The number of benzene rings is 2. The lowest BCUT2D eigenvalue weighted by molar-refractivity contribution is -0.140. The zero-order chi connectivity index (χ0) is 21.4. The fraction of sp³-hybridized carbons (Fsp3) is 0.364. The molecule has 29 heavy (non-hydrogen) atoms. The van der Waals surface area contributed by atoms with E-state index in [1.165, 1.54) is 4.90 Å². The lowest BCUT2D eigenvalue weighted by Crippen LogP contribution is -2.48. The van der Waals surface area contributed by atoms with E-state index in [0.717, 1.165) is 12.8 Å². The molecule has 0 fully saturated rings.